The maximum atomic E-state index is 12.3. The van der Waals surface area contributed by atoms with Crippen LogP contribution in [0, 0.1) is 0 Å². The van der Waals surface area contributed by atoms with Crippen LogP contribution in [0.2, 0.25) is 5.02 Å². The first-order valence-electron chi connectivity index (χ1n) is 12.2. The van der Waals surface area contributed by atoms with Crippen molar-refractivity contribution in [1.29, 1.82) is 0 Å². The topological polar surface area (TPSA) is 97.6 Å². The van der Waals surface area contributed by atoms with Crippen LogP contribution in [0.3, 0.4) is 0 Å². The number of aldehydes is 1. The second-order valence-corrected chi connectivity index (χ2v) is 11.0. The molecular formula is C27H25ClN4O4S. The predicted octanol–water partition coefficient (Wildman–Crippen LogP) is 4.86. The number of benzene rings is 1. The van der Waals surface area contributed by atoms with Gasteiger partial charge in [0.05, 0.1) is 22.5 Å². The molecule has 8 nitrogen and oxygen atoms in total. The van der Waals surface area contributed by atoms with Crippen LogP contribution in [-0.2, 0) is 35.5 Å². The highest BCUT2D eigenvalue weighted by Crippen LogP contribution is 2.48. The molecule has 1 aromatic carbocycles. The average molecular weight is 537 g/mol. The van der Waals surface area contributed by atoms with Gasteiger partial charge < -0.3 is 24.3 Å². The summed E-state index contributed by atoms with van der Waals surface area (Å²) in [4.78, 5) is 30.1. The van der Waals surface area contributed by atoms with Crippen LogP contribution in [0.5, 0.6) is 5.75 Å². The minimum absolute atomic E-state index is 0.0605. The van der Waals surface area contributed by atoms with Gasteiger partial charge >= 0.3 is 0 Å². The fraction of sp³-hybridized carbons (Fsp3) is 0.333. The Labute approximate surface area is 222 Å². The number of hydrogen-bond donors (Lipinski definition) is 1. The molecule has 3 aromatic heterocycles. The smallest absolute Gasteiger partial charge is 0.223 e. The van der Waals surface area contributed by atoms with Crippen LogP contribution in [0.15, 0.2) is 35.0 Å². The lowest BCUT2D eigenvalue weighted by atomic mass is 9.99. The van der Waals surface area contributed by atoms with E-state index in [9.17, 15) is 9.59 Å². The number of nitrogens with one attached hydrogen (secondary N) is 1. The fourth-order valence-electron chi connectivity index (χ4n) is 5.06. The highest BCUT2D eigenvalue weighted by Gasteiger charge is 2.34. The van der Waals surface area contributed by atoms with Gasteiger partial charge in [0.25, 0.3) is 0 Å². The van der Waals surface area contributed by atoms with Gasteiger partial charge in [0.1, 0.15) is 12.0 Å². The molecule has 0 radical (unpaired) electrons. The number of pyridine rings is 1. The molecule has 5 heterocycles. The van der Waals surface area contributed by atoms with Gasteiger partial charge in [-0.25, -0.2) is 0 Å². The van der Waals surface area contributed by atoms with Crippen molar-refractivity contribution in [2.24, 2.45) is 0 Å². The van der Waals surface area contributed by atoms with Gasteiger partial charge in [-0.2, -0.15) is 0 Å². The van der Waals surface area contributed by atoms with Gasteiger partial charge in [0.15, 0.2) is 11.9 Å². The number of nitrogens with zero attached hydrogens (tertiary/aromatic N) is 3. The Morgan fingerprint density at radius 1 is 1.32 bits per heavy atom. The number of aromatic nitrogens is 2. The third-order valence-electron chi connectivity index (χ3n) is 6.88. The van der Waals surface area contributed by atoms with Crippen molar-refractivity contribution in [2.45, 2.75) is 44.9 Å². The molecule has 4 aromatic rings. The molecule has 0 saturated carbocycles. The fourth-order valence-corrected chi connectivity index (χ4v) is 6.50. The third kappa shape index (κ3) is 4.52. The van der Waals surface area contributed by atoms with Crippen LogP contribution in [0.4, 0.5) is 0 Å². The molecular weight excluding hydrogens is 512 g/mol. The van der Waals surface area contributed by atoms with E-state index in [-0.39, 0.29) is 24.9 Å². The molecule has 2 aliphatic heterocycles. The zero-order valence-corrected chi connectivity index (χ0v) is 21.8. The van der Waals surface area contributed by atoms with Gasteiger partial charge in [-0.15, -0.1) is 11.3 Å². The lowest BCUT2D eigenvalue weighted by Gasteiger charge is -2.15. The summed E-state index contributed by atoms with van der Waals surface area (Å²) >= 11 is 8.18. The molecule has 0 fully saturated rings. The van der Waals surface area contributed by atoms with Gasteiger partial charge in [-0.05, 0) is 24.3 Å². The number of rotatable bonds is 7. The Kier molecular flexibility index (Phi) is 6.44. The van der Waals surface area contributed by atoms with Crippen molar-refractivity contribution in [3.63, 3.8) is 0 Å². The van der Waals surface area contributed by atoms with Crippen LogP contribution in [-0.4, -0.2) is 40.8 Å². The van der Waals surface area contributed by atoms with E-state index < -0.39 is 0 Å². The first kappa shape index (κ1) is 24.1. The van der Waals surface area contributed by atoms with Gasteiger partial charge in [0.2, 0.25) is 5.91 Å². The second kappa shape index (κ2) is 9.89. The van der Waals surface area contributed by atoms with E-state index in [1.54, 1.807) is 29.5 Å². The third-order valence-corrected chi connectivity index (χ3v) is 8.24. The Morgan fingerprint density at radius 2 is 2.22 bits per heavy atom. The van der Waals surface area contributed by atoms with Crippen LogP contribution in [0.25, 0.3) is 21.3 Å². The molecule has 0 bridgehead atoms. The lowest BCUT2D eigenvalue weighted by molar-refractivity contribution is -0.131. The van der Waals surface area contributed by atoms with Crippen molar-refractivity contribution in [2.75, 3.05) is 13.6 Å². The molecule has 1 N–H and O–H groups in total. The van der Waals surface area contributed by atoms with E-state index in [2.05, 4.69) is 15.5 Å². The second-order valence-electron chi connectivity index (χ2n) is 9.39. The highest BCUT2D eigenvalue weighted by molar-refractivity contribution is 7.19. The van der Waals surface area contributed by atoms with Crippen molar-refractivity contribution >= 4 is 45.3 Å². The van der Waals surface area contributed by atoms with Crippen molar-refractivity contribution in [3.05, 3.63) is 62.9 Å². The van der Waals surface area contributed by atoms with E-state index in [0.29, 0.717) is 18.0 Å². The predicted molar refractivity (Wildman–Crippen MR) is 141 cm³/mol. The van der Waals surface area contributed by atoms with Crippen LogP contribution < -0.4 is 10.1 Å². The van der Waals surface area contributed by atoms with Crippen molar-refractivity contribution in [3.8, 4) is 16.9 Å². The molecule has 0 saturated heterocycles. The number of halogens is 1. The van der Waals surface area contributed by atoms with E-state index in [1.807, 2.05) is 24.3 Å². The summed E-state index contributed by atoms with van der Waals surface area (Å²) in [5.74, 6) is 1.52. The first-order chi connectivity index (χ1) is 18.0. The maximum absolute atomic E-state index is 12.3. The molecule has 1 amide bonds. The summed E-state index contributed by atoms with van der Waals surface area (Å²) in [7, 11) is 1.75. The molecule has 1 unspecified atom stereocenters. The van der Waals surface area contributed by atoms with E-state index in [0.717, 1.165) is 80.3 Å². The molecule has 1 atom stereocenters. The van der Waals surface area contributed by atoms with Gasteiger partial charge in [-0.3, -0.25) is 9.78 Å². The standard InChI is InChI=1S/C27H25ClN4O4S/c1-32(24(34)3-2-8-33)14-17-12-22-27(37-17)18(4-7-30-22)19-11-16(28)9-15-10-23(35-25(15)19)26-20-13-29-6-5-21(20)31-36-26/h4,7-9,11-12,23,29H,2-3,5-6,10,13-14H2,1H3. The summed E-state index contributed by atoms with van der Waals surface area (Å²) in [6.07, 6.45) is 4.24. The summed E-state index contributed by atoms with van der Waals surface area (Å²) < 4.78 is 13.3. The Balaban J connectivity index is 1.33. The van der Waals surface area contributed by atoms with Gasteiger partial charge in [0, 0.05) is 84.2 Å². The number of hydrogen-bond acceptors (Lipinski definition) is 8. The molecule has 0 aliphatic carbocycles. The molecule has 10 heteroatoms. The molecule has 190 valence electrons. The first-order valence-corrected chi connectivity index (χ1v) is 13.4. The summed E-state index contributed by atoms with van der Waals surface area (Å²) in [5, 5.41) is 8.31. The molecule has 0 spiro atoms. The summed E-state index contributed by atoms with van der Waals surface area (Å²) in [6, 6.07) is 7.88. The normalized spacial score (nSPS) is 16.3. The van der Waals surface area contributed by atoms with E-state index >= 15 is 0 Å². The number of carbonyl (C=O) groups is 2. The molecule has 2 aliphatic rings. The van der Waals surface area contributed by atoms with E-state index in [1.165, 1.54) is 0 Å². The average Bonchev–Trinajstić information content (AvgIpc) is 3.62. The van der Waals surface area contributed by atoms with Gasteiger partial charge in [-0.1, -0.05) is 16.8 Å². The molecule has 37 heavy (non-hydrogen) atoms. The number of amides is 1. The van der Waals surface area contributed by atoms with Crippen molar-refractivity contribution < 1.29 is 18.8 Å². The summed E-state index contributed by atoms with van der Waals surface area (Å²) in [6.45, 7) is 2.08. The number of thiophene rings is 1. The highest BCUT2D eigenvalue weighted by atomic mass is 35.5. The quantitative estimate of drug-likeness (QED) is 0.337. The van der Waals surface area contributed by atoms with Crippen molar-refractivity contribution in [1.82, 2.24) is 20.4 Å². The zero-order chi connectivity index (χ0) is 25.5. The van der Waals surface area contributed by atoms with E-state index in [4.69, 9.17) is 20.9 Å². The Hall–Kier alpha value is -3.27. The number of ether oxygens (including phenoxy) is 1. The molecule has 6 rings (SSSR count). The number of fused-ring (bicyclic) bond motifs is 3. The summed E-state index contributed by atoms with van der Waals surface area (Å²) in [5.41, 5.74) is 5.87. The largest absolute Gasteiger partial charge is 0.481 e. The SMILES string of the molecule is CN(Cc1cc2nccc(-c3cc(Cl)cc4c3OC(c3onc5c3CNCC5)C4)c2s1)C(=O)CCC=O. The van der Waals surface area contributed by atoms with Crippen LogP contribution >= 0.6 is 22.9 Å². The van der Waals surface area contributed by atoms with Crippen LogP contribution in [0.1, 0.15) is 46.4 Å². The Bertz CT molecular complexity index is 1510. The Morgan fingerprint density at radius 3 is 3.08 bits per heavy atom. The number of carbonyl (C=O) groups excluding carboxylic acids is 2. The lowest BCUT2D eigenvalue weighted by Crippen LogP contribution is -2.25. The zero-order valence-electron chi connectivity index (χ0n) is 20.3. The minimum Gasteiger partial charge on any atom is -0.481 e. The minimum atomic E-state index is -0.259. The monoisotopic (exact) mass is 536 g/mol. The maximum Gasteiger partial charge on any atom is 0.223 e.